The van der Waals surface area contributed by atoms with Gasteiger partial charge in [-0.1, -0.05) is 18.2 Å². The predicted octanol–water partition coefficient (Wildman–Crippen LogP) is 1.75. The Hall–Kier alpha value is -2.34. The third-order valence-corrected chi connectivity index (χ3v) is 3.74. The summed E-state index contributed by atoms with van der Waals surface area (Å²) in [6.07, 6.45) is -0.433. The highest BCUT2D eigenvalue weighted by Gasteiger charge is 2.15. The van der Waals surface area contributed by atoms with Crippen LogP contribution in [-0.2, 0) is 11.3 Å². The SMILES string of the molecule is Cc1cc(C)n(CCCNC(=O)C(O)COc2ccccc2C)n1. The van der Waals surface area contributed by atoms with Gasteiger partial charge in [0.25, 0.3) is 5.91 Å². The zero-order valence-corrected chi connectivity index (χ0v) is 14.5. The van der Waals surface area contributed by atoms with Crippen LogP contribution in [0, 0.1) is 20.8 Å². The lowest BCUT2D eigenvalue weighted by Crippen LogP contribution is -2.39. The maximum absolute atomic E-state index is 11.9. The molecule has 2 aromatic rings. The molecule has 1 amide bonds. The lowest BCUT2D eigenvalue weighted by Gasteiger charge is -2.14. The van der Waals surface area contributed by atoms with Crippen molar-refractivity contribution in [2.24, 2.45) is 0 Å². The predicted molar refractivity (Wildman–Crippen MR) is 92.0 cm³/mol. The first kappa shape index (κ1) is 18.0. The van der Waals surface area contributed by atoms with Gasteiger partial charge in [-0.05, 0) is 44.9 Å². The lowest BCUT2D eigenvalue weighted by atomic mass is 10.2. The summed E-state index contributed by atoms with van der Waals surface area (Å²) >= 11 is 0. The van der Waals surface area contributed by atoms with Crippen molar-refractivity contribution in [2.45, 2.75) is 39.8 Å². The van der Waals surface area contributed by atoms with Crippen LogP contribution in [0.5, 0.6) is 5.75 Å². The first-order valence-corrected chi connectivity index (χ1v) is 8.12. The molecule has 1 heterocycles. The minimum atomic E-state index is -1.18. The number of para-hydroxylation sites is 1. The number of rotatable bonds is 8. The van der Waals surface area contributed by atoms with Gasteiger partial charge in [-0.3, -0.25) is 9.48 Å². The van der Waals surface area contributed by atoms with E-state index in [2.05, 4.69) is 10.4 Å². The minimum absolute atomic E-state index is 0.0614. The number of ether oxygens (including phenoxy) is 1. The number of hydrogen-bond donors (Lipinski definition) is 2. The Kier molecular flexibility index (Phi) is 6.37. The van der Waals surface area contributed by atoms with Gasteiger partial charge in [0.05, 0.1) is 5.69 Å². The fraction of sp³-hybridized carbons (Fsp3) is 0.444. The molecule has 1 unspecified atom stereocenters. The number of amides is 1. The highest BCUT2D eigenvalue weighted by atomic mass is 16.5. The van der Waals surface area contributed by atoms with E-state index in [0.717, 1.165) is 29.9 Å². The van der Waals surface area contributed by atoms with Gasteiger partial charge >= 0.3 is 0 Å². The summed E-state index contributed by atoms with van der Waals surface area (Å²) in [5.41, 5.74) is 3.06. The molecule has 0 aliphatic rings. The van der Waals surface area contributed by atoms with E-state index >= 15 is 0 Å². The number of hydrogen-bond acceptors (Lipinski definition) is 4. The summed E-state index contributed by atoms with van der Waals surface area (Å²) in [6.45, 7) is 7.03. The summed E-state index contributed by atoms with van der Waals surface area (Å²) in [7, 11) is 0. The van der Waals surface area contributed by atoms with Crippen LogP contribution < -0.4 is 10.1 Å². The van der Waals surface area contributed by atoms with Crippen molar-refractivity contribution < 1.29 is 14.6 Å². The number of aryl methyl sites for hydroxylation is 4. The molecular formula is C18H25N3O3. The Balaban J connectivity index is 1.68. The molecule has 0 saturated carbocycles. The highest BCUT2D eigenvalue weighted by molar-refractivity contribution is 5.80. The number of nitrogens with zero attached hydrogens (tertiary/aromatic N) is 2. The fourth-order valence-corrected chi connectivity index (χ4v) is 2.42. The molecular weight excluding hydrogens is 306 g/mol. The van der Waals surface area contributed by atoms with Gasteiger partial charge in [0.1, 0.15) is 12.4 Å². The third kappa shape index (κ3) is 5.09. The van der Waals surface area contributed by atoms with Gasteiger partial charge in [-0.2, -0.15) is 5.10 Å². The Morgan fingerprint density at radius 1 is 1.33 bits per heavy atom. The highest BCUT2D eigenvalue weighted by Crippen LogP contribution is 2.16. The number of benzene rings is 1. The molecule has 24 heavy (non-hydrogen) atoms. The minimum Gasteiger partial charge on any atom is -0.490 e. The number of aliphatic hydroxyl groups is 1. The van der Waals surface area contributed by atoms with Crippen LogP contribution in [0.1, 0.15) is 23.4 Å². The second-order valence-electron chi connectivity index (χ2n) is 5.89. The Morgan fingerprint density at radius 2 is 2.08 bits per heavy atom. The quantitative estimate of drug-likeness (QED) is 0.723. The van der Waals surface area contributed by atoms with Gasteiger partial charge in [0.2, 0.25) is 0 Å². The second-order valence-corrected chi connectivity index (χ2v) is 5.89. The normalized spacial score (nSPS) is 12.0. The van der Waals surface area contributed by atoms with Crippen molar-refractivity contribution in [1.82, 2.24) is 15.1 Å². The van der Waals surface area contributed by atoms with Crippen molar-refractivity contribution in [3.8, 4) is 5.75 Å². The number of carbonyl (C=O) groups is 1. The van der Waals surface area contributed by atoms with Gasteiger partial charge in [0, 0.05) is 18.8 Å². The average Bonchev–Trinajstić information content (AvgIpc) is 2.88. The van der Waals surface area contributed by atoms with Crippen molar-refractivity contribution in [3.05, 3.63) is 47.3 Å². The maximum atomic E-state index is 11.9. The van der Waals surface area contributed by atoms with E-state index in [4.69, 9.17) is 4.74 Å². The molecule has 1 aromatic carbocycles. The number of carbonyl (C=O) groups excluding carboxylic acids is 1. The van der Waals surface area contributed by atoms with Gasteiger partial charge in [-0.25, -0.2) is 0 Å². The standard InChI is InChI=1S/C18H25N3O3/c1-13-7-4-5-8-17(13)24-12-16(22)18(23)19-9-6-10-21-15(3)11-14(2)20-21/h4-5,7-8,11,16,22H,6,9-10,12H2,1-3H3,(H,19,23). The van der Waals surface area contributed by atoms with E-state index in [1.807, 2.05) is 55.8 Å². The smallest absolute Gasteiger partial charge is 0.252 e. The summed E-state index contributed by atoms with van der Waals surface area (Å²) in [5.74, 6) is 0.255. The van der Waals surface area contributed by atoms with E-state index in [-0.39, 0.29) is 6.61 Å². The van der Waals surface area contributed by atoms with E-state index < -0.39 is 12.0 Å². The molecule has 0 aliphatic heterocycles. The monoisotopic (exact) mass is 331 g/mol. The molecule has 0 radical (unpaired) electrons. The molecule has 1 atom stereocenters. The van der Waals surface area contributed by atoms with E-state index in [1.165, 1.54) is 0 Å². The summed E-state index contributed by atoms with van der Waals surface area (Å²) in [6, 6.07) is 9.52. The second kappa shape index (κ2) is 8.49. The number of aromatic nitrogens is 2. The Bertz CT molecular complexity index is 682. The van der Waals surface area contributed by atoms with Crippen molar-refractivity contribution >= 4 is 5.91 Å². The Morgan fingerprint density at radius 3 is 2.75 bits per heavy atom. The van der Waals surface area contributed by atoms with Gasteiger partial charge in [0.15, 0.2) is 6.10 Å². The molecule has 2 rings (SSSR count). The van der Waals surface area contributed by atoms with Gasteiger partial charge < -0.3 is 15.2 Å². The first-order chi connectivity index (χ1) is 11.5. The first-order valence-electron chi connectivity index (χ1n) is 8.12. The van der Waals surface area contributed by atoms with E-state index in [1.54, 1.807) is 0 Å². The van der Waals surface area contributed by atoms with Crippen LogP contribution in [0.3, 0.4) is 0 Å². The molecule has 130 valence electrons. The molecule has 2 N–H and O–H groups in total. The van der Waals surface area contributed by atoms with Crippen LogP contribution in [0.2, 0.25) is 0 Å². The third-order valence-electron chi connectivity index (χ3n) is 3.74. The molecule has 6 heteroatoms. The van der Waals surface area contributed by atoms with Crippen molar-refractivity contribution in [1.29, 1.82) is 0 Å². The molecule has 0 saturated heterocycles. The number of aliphatic hydroxyl groups excluding tert-OH is 1. The summed E-state index contributed by atoms with van der Waals surface area (Å²) < 4.78 is 7.40. The lowest BCUT2D eigenvalue weighted by molar-refractivity contribution is -0.130. The van der Waals surface area contributed by atoms with Gasteiger partial charge in [-0.15, -0.1) is 0 Å². The van der Waals surface area contributed by atoms with Crippen LogP contribution in [0.4, 0.5) is 0 Å². The van der Waals surface area contributed by atoms with Crippen LogP contribution >= 0.6 is 0 Å². The number of nitrogens with one attached hydrogen (secondary N) is 1. The topological polar surface area (TPSA) is 76.4 Å². The largest absolute Gasteiger partial charge is 0.490 e. The van der Waals surface area contributed by atoms with Crippen LogP contribution in [0.15, 0.2) is 30.3 Å². The van der Waals surface area contributed by atoms with E-state index in [0.29, 0.717) is 12.3 Å². The van der Waals surface area contributed by atoms with E-state index in [9.17, 15) is 9.90 Å². The average molecular weight is 331 g/mol. The summed E-state index contributed by atoms with van der Waals surface area (Å²) in [5, 5.41) is 17.0. The zero-order chi connectivity index (χ0) is 17.5. The molecule has 6 nitrogen and oxygen atoms in total. The van der Waals surface area contributed by atoms with Crippen molar-refractivity contribution in [2.75, 3.05) is 13.2 Å². The Labute approximate surface area is 142 Å². The molecule has 1 aromatic heterocycles. The fourth-order valence-electron chi connectivity index (χ4n) is 2.42. The molecule has 0 fully saturated rings. The summed E-state index contributed by atoms with van der Waals surface area (Å²) in [4.78, 5) is 11.9. The van der Waals surface area contributed by atoms with Crippen LogP contribution in [0.25, 0.3) is 0 Å². The van der Waals surface area contributed by atoms with Crippen LogP contribution in [-0.4, -0.2) is 40.0 Å². The molecule has 0 spiro atoms. The molecule has 0 aliphatic carbocycles. The van der Waals surface area contributed by atoms with Crippen molar-refractivity contribution in [3.63, 3.8) is 0 Å². The molecule has 0 bridgehead atoms. The maximum Gasteiger partial charge on any atom is 0.252 e. The zero-order valence-electron chi connectivity index (χ0n) is 14.5.